The molecule has 3 amide bonds. The lowest BCUT2D eigenvalue weighted by atomic mass is 9.81. The molecule has 2 aromatic carbocycles. The predicted octanol–water partition coefficient (Wildman–Crippen LogP) is 1.71. The molecule has 3 N–H and O–H groups in total. The number of carboxylic acids is 1. The van der Waals surface area contributed by atoms with Crippen molar-refractivity contribution in [1.29, 1.82) is 0 Å². The smallest absolute Gasteiger partial charge is 0.317 e. The summed E-state index contributed by atoms with van der Waals surface area (Å²) in [5.41, 5.74) is -0.174. The van der Waals surface area contributed by atoms with Crippen molar-refractivity contribution >= 4 is 86.4 Å². The number of imide groups is 1. The number of nitrogens with one attached hydrogen (secondary N) is 1. The molecule has 20 nitrogen and oxygen atoms in total. The quantitative estimate of drug-likeness (QED) is 0.0446. The highest BCUT2D eigenvalue weighted by Crippen LogP contribution is 2.42. The van der Waals surface area contributed by atoms with E-state index in [1.54, 1.807) is 0 Å². The molecule has 2 aliphatic heterocycles. The number of carboxylic acid groups (broad SMARTS) is 1. The van der Waals surface area contributed by atoms with Crippen molar-refractivity contribution in [2.45, 2.75) is 49.8 Å². The van der Waals surface area contributed by atoms with Crippen molar-refractivity contribution in [2.75, 3.05) is 60.8 Å². The van der Waals surface area contributed by atoms with Crippen LogP contribution in [0.3, 0.4) is 0 Å². The molecule has 1 fully saturated rings. The second-order valence-electron chi connectivity index (χ2n) is 14.5. The molecule has 1 atom stereocenters. The Morgan fingerprint density at radius 3 is 2.03 bits per heavy atom. The molecule has 0 radical (unpaired) electrons. The summed E-state index contributed by atoms with van der Waals surface area (Å²) >= 11 is 0. The van der Waals surface area contributed by atoms with E-state index in [0.29, 0.717) is 41.3 Å². The molecule has 340 valence electrons. The Balaban J connectivity index is 0.000000261. The summed E-state index contributed by atoms with van der Waals surface area (Å²) in [4.78, 5) is 113. The van der Waals surface area contributed by atoms with E-state index >= 15 is 0 Å². The maximum atomic E-state index is 14.7. The fourth-order valence-electron chi connectivity index (χ4n) is 6.36. The van der Waals surface area contributed by atoms with Gasteiger partial charge in [-0.25, -0.2) is 17.7 Å². The van der Waals surface area contributed by atoms with Gasteiger partial charge in [-0.05, 0) is 61.2 Å². The average Bonchev–Trinajstić information content (AvgIpc) is 3.43. The molecule has 2 aliphatic carbocycles. The van der Waals surface area contributed by atoms with E-state index < -0.39 is 93.3 Å². The highest BCUT2D eigenvalue weighted by Gasteiger charge is 2.42. The number of amides is 3. The molecule has 2 heterocycles. The van der Waals surface area contributed by atoms with Gasteiger partial charge in [-0.15, -0.1) is 6.42 Å². The van der Waals surface area contributed by atoms with E-state index in [4.69, 9.17) is 21.2 Å². The molecular formula is C39H44FN4O16PS2. The zero-order valence-corrected chi connectivity index (χ0v) is 36.9. The number of benzene rings is 2. The second kappa shape index (κ2) is 22.1. The normalized spacial score (nSPS) is 17.1. The van der Waals surface area contributed by atoms with E-state index in [1.165, 1.54) is 11.0 Å². The van der Waals surface area contributed by atoms with Crippen molar-refractivity contribution in [3.63, 3.8) is 0 Å². The lowest BCUT2D eigenvalue weighted by Crippen LogP contribution is -2.39. The van der Waals surface area contributed by atoms with Gasteiger partial charge in [0.05, 0.1) is 64.9 Å². The lowest BCUT2D eigenvalue weighted by molar-refractivity contribution is -0.385. The number of ketones is 3. The van der Waals surface area contributed by atoms with Crippen LogP contribution in [-0.2, 0) is 54.1 Å². The van der Waals surface area contributed by atoms with Gasteiger partial charge in [0, 0.05) is 42.4 Å². The summed E-state index contributed by atoms with van der Waals surface area (Å²) in [7, 11) is -7.40. The van der Waals surface area contributed by atoms with Crippen molar-refractivity contribution in [3.05, 3.63) is 63.0 Å². The standard InChI is InChI=1S/C19H15FN2O4.C14H13NO7S.C3H8NO5P.C3H9S/c1-2-7-21-15-9-14(13(20)8-16(15)26-10-17(21)23)22-18(24)11-5-3-4-6-12(11)19(22)25;1-23(21,22)8-5-6-9(10(7-8)15(19)20)14(18)13-11(16)3-2-4-12(13)17;5-3(6)1-4-2-10(7,8)9;1-4(2)3/h1,8-9H,3-7,10H2;5-7,13H,2-4H2,1H3;4H,1-2H2,(H,5,6)(H2,7,8,9);1-3H3/q;;;+1/p-1. The Morgan fingerprint density at radius 2 is 1.56 bits per heavy atom. The lowest BCUT2D eigenvalue weighted by Gasteiger charge is -2.29. The fourth-order valence-corrected chi connectivity index (χ4v) is 7.40. The zero-order valence-electron chi connectivity index (χ0n) is 34.4. The van der Waals surface area contributed by atoms with Gasteiger partial charge in [-0.1, -0.05) is 5.92 Å². The molecule has 0 aromatic heterocycles. The minimum absolute atomic E-state index is 0.0170. The van der Waals surface area contributed by atoms with Crippen LogP contribution in [0.15, 0.2) is 46.4 Å². The minimum atomic E-state index is -4.35. The number of aliphatic carboxylic acids is 1. The number of carbonyl (C=O) groups is 7. The summed E-state index contributed by atoms with van der Waals surface area (Å²) in [6.45, 7) is -0.741. The van der Waals surface area contributed by atoms with E-state index in [2.05, 4.69) is 24.7 Å². The topological polar surface area (TPSA) is 305 Å². The summed E-state index contributed by atoms with van der Waals surface area (Å²) in [6.07, 6.45) is 15.3. The van der Waals surface area contributed by atoms with Gasteiger partial charge in [-0.2, -0.15) is 0 Å². The summed E-state index contributed by atoms with van der Waals surface area (Å²) < 4.78 is 52.8. The van der Waals surface area contributed by atoms with Gasteiger partial charge in [0.1, 0.15) is 19.3 Å². The molecule has 2 aromatic rings. The summed E-state index contributed by atoms with van der Waals surface area (Å²) in [5.74, 6) is -4.38. The first-order valence-electron chi connectivity index (χ1n) is 18.6. The maximum Gasteiger partial charge on any atom is 0.317 e. The van der Waals surface area contributed by atoms with Crippen molar-refractivity contribution < 1.29 is 75.5 Å². The maximum absolute atomic E-state index is 14.7. The number of nitrogens with zero attached hydrogens (tertiary/aromatic N) is 3. The second-order valence-corrected chi connectivity index (χ2v) is 20.5. The van der Waals surface area contributed by atoms with Crippen LogP contribution in [0.4, 0.5) is 21.5 Å². The van der Waals surface area contributed by atoms with E-state index in [-0.39, 0.29) is 53.9 Å². The molecule has 4 aliphatic rings. The molecule has 63 heavy (non-hydrogen) atoms. The average molecular weight is 939 g/mol. The van der Waals surface area contributed by atoms with Gasteiger partial charge >= 0.3 is 5.97 Å². The fraction of sp³-hybridized carbons (Fsp3) is 0.410. The van der Waals surface area contributed by atoms with Crippen molar-refractivity contribution in [1.82, 2.24) is 5.32 Å². The van der Waals surface area contributed by atoms with Crippen LogP contribution in [0.1, 0.15) is 55.3 Å². The summed E-state index contributed by atoms with van der Waals surface area (Å²) in [5, 5.41) is 21.1. The molecule has 24 heteroatoms. The number of terminal acetylenes is 1. The SMILES string of the molecule is C#CCN1C(=O)COc2cc(F)c(N3C(=O)C4=C(CCCC4)C3=O)cc21.CS(=O)(=O)c1ccc(C(=O)C2C(=O)CCCC2=O)c([N+](=O)[O-])c1.C[S+](C)C.O=C(O)CNCP(=O)([O-])O. The van der Waals surface area contributed by atoms with Gasteiger partial charge < -0.3 is 24.2 Å². The molecular weight excluding hydrogens is 895 g/mol. The molecule has 1 saturated carbocycles. The number of nitro groups is 1. The zero-order chi connectivity index (χ0) is 47.6. The first-order valence-corrected chi connectivity index (χ1v) is 24.7. The molecule has 1 unspecified atom stereocenters. The van der Waals surface area contributed by atoms with Crippen LogP contribution in [-0.4, -0.2) is 115 Å². The van der Waals surface area contributed by atoms with Gasteiger partial charge in [0.25, 0.3) is 23.4 Å². The third-order valence-corrected chi connectivity index (χ3v) is 10.8. The number of fused-ring (bicyclic) bond motifs is 1. The van der Waals surface area contributed by atoms with Gasteiger partial charge in [0.15, 0.2) is 39.6 Å². The van der Waals surface area contributed by atoms with E-state index in [1.807, 2.05) is 5.32 Å². The van der Waals surface area contributed by atoms with E-state index in [9.17, 15) is 65.9 Å². The van der Waals surface area contributed by atoms with Gasteiger partial charge in [-0.3, -0.25) is 53.9 Å². The largest absolute Gasteiger partial charge is 0.778 e. The Labute approximate surface area is 363 Å². The molecule has 0 saturated heterocycles. The van der Waals surface area contributed by atoms with Crippen LogP contribution in [0.25, 0.3) is 0 Å². The monoisotopic (exact) mass is 938 g/mol. The highest BCUT2D eigenvalue weighted by atomic mass is 32.2. The van der Waals surface area contributed by atoms with E-state index in [0.717, 1.165) is 48.3 Å². The number of hydrogen-bond donors (Lipinski definition) is 3. The summed E-state index contributed by atoms with van der Waals surface area (Å²) in [6, 6.07) is 5.16. The number of nitro benzene ring substituents is 1. The number of halogens is 1. The van der Waals surface area contributed by atoms with Crippen LogP contribution < -0.4 is 24.7 Å². The number of anilines is 2. The Bertz CT molecular complexity index is 2400. The van der Waals surface area contributed by atoms with Crippen molar-refractivity contribution in [2.24, 2.45) is 5.92 Å². The predicted molar refractivity (Wildman–Crippen MR) is 224 cm³/mol. The van der Waals surface area contributed by atoms with Crippen LogP contribution >= 0.6 is 7.60 Å². The Kier molecular flexibility index (Phi) is 18.2. The number of rotatable bonds is 10. The third-order valence-electron chi connectivity index (χ3n) is 9.05. The molecule has 0 spiro atoms. The molecule has 6 rings (SSSR count). The van der Waals surface area contributed by atoms with Gasteiger partial charge in [0.2, 0.25) is 0 Å². The molecule has 0 bridgehead atoms. The van der Waals surface area contributed by atoms with Crippen LogP contribution in [0.2, 0.25) is 0 Å². The highest BCUT2D eigenvalue weighted by molar-refractivity contribution is 7.94. The number of sulfone groups is 1. The first-order chi connectivity index (χ1) is 29.3. The Hall–Kier alpha value is -5.63. The number of ether oxygens (including phenoxy) is 1. The Morgan fingerprint density at radius 1 is 1.00 bits per heavy atom. The number of Topliss-reactive ketones (excluding diaryl/α,β-unsaturated/α-hetero) is 3. The number of hydrogen-bond acceptors (Lipinski definition) is 15. The first kappa shape index (κ1) is 51.7. The number of carbonyl (C=O) groups excluding carboxylic acids is 6. The van der Waals surface area contributed by atoms with Crippen LogP contribution in [0, 0.1) is 34.2 Å². The van der Waals surface area contributed by atoms with Crippen LogP contribution in [0.5, 0.6) is 5.75 Å². The minimum Gasteiger partial charge on any atom is -0.778 e. The van der Waals surface area contributed by atoms with Crippen molar-refractivity contribution in [3.8, 4) is 18.1 Å². The third kappa shape index (κ3) is 13.9.